The Morgan fingerprint density at radius 1 is 1.29 bits per heavy atom. The summed E-state index contributed by atoms with van der Waals surface area (Å²) in [6.07, 6.45) is 0.647. The van der Waals surface area contributed by atoms with Crippen LogP contribution in [0.1, 0.15) is 6.92 Å². The number of nitrogens with one attached hydrogen (secondary N) is 2. The maximum atomic E-state index is 14.8. The van der Waals surface area contributed by atoms with Gasteiger partial charge in [0.25, 0.3) is 0 Å². The fourth-order valence-electron chi connectivity index (χ4n) is 3.63. The number of cyclic esters (lactones) is 1. The Bertz CT molecular complexity index is 937. The highest BCUT2D eigenvalue weighted by atomic mass is 35.5. The van der Waals surface area contributed by atoms with Gasteiger partial charge >= 0.3 is 6.09 Å². The van der Waals surface area contributed by atoms with Crippen LogP contribution in [0.25, 0.3) is 11.1 Å². The molecule has 31 heavy (non-hydrogen) atoms. The van der Waals surface area contributed by atoms with Crippen LogP contribution in [-0.2, 0) is 9.53 Å². The molecule has 0 spiro atoms. The van der Waals surface area contributed by atoms with Crippen molar-refractivity contribution in [3.8, 4) is 11.1 Å². The van der Waals surface area contributed by atoms with E-state index >= 15 is 0 Å². The topological polar surface area (TPSA) is 86.8 Å². The van der Waals surface area contributed by atoms with Gasteiger partial charge in [-0.25, -0.2) is 14.2 Å². The Kier molecular flexibility index (Phi) is 7.29. The van der Waals surface area contributed by atoms with Crippen molar-refractivity contribution >= 4 is 35.9 Å². The molecule has 0 bridgehead atoms. The lowest BCUT2D eigenvalue weighted by Crippen LogP contribution is -2.43. The first-order valence-corrected chi connectivity index (χ1v) is 9.95. The Hall–Kier alpha value is -2.91. The van der Waals surface area contributed by atoms with Gasteiger partial charge in [0.05, 0.1) is 18.8 Å². The number of anilines is 2. The number of amides is 2. The second-order valence-corrected chi connectivity index (χ2v) is 7.36. The van der Waals surface area contributed by atoms with Gasteiger partial charge in [-0.3, -0.25) is 9.69 Å². The Morgan fingerprint density at radius 2 is 2.06 bits per heavy atom. The van der Waals surface area contributed by atoms with Crippen molar-refractivity contribution in [3.05, 3.63) is 42.3 Å². The zero-order valence-corrected chi connectivity index (χ0v) is 18.0. The van der Waals surface area contributed by atoms with Gasteiger partial charge in [-0.1, -0.05) is 0 Å². The molecule has 2 fully saturated rings. The van der Waals surface area contributed by atoms with E-state index in [-0.39, 0.29) is 31.4 Å². The van der Waals surface area contributed by atoms with Gasteiger partial charge in [0.2, 0.25) is 5.91 Å². The van der Waals surface area contributed by atoms with Crippen molar-refractivity contribution in [1.82, 2.24) is 15.6 Å². The molecule has 4 rings (SSSR count). The molecular weight excluding hydrogens is 425 g/mol. The third kappa shape index (κ3) is 5.23. The van der Waals surface area contributed by atoms with E-state index in [1.165, 1.54) is 17.9 Å². The van der Waals surface area contributed by atoms with E-state index in [0.717, 1.165) is 32.0 Å². The van der Waals surface area contributed by atoms with Crippen molar-refractivity contribution in [2.75, 3.05) is 49.1 Å². The molecule has 2 aliphatic rings. The van der Waals surface area contributed by atoms with Crippen LogP contribution < -0.4 is 20.4 Å². The minimum atomic E-state index is -0.556. The van der Waals surface area contributed by atoms with Crippen LogP contribution in [0.3, 0.4) is 0 Å². The fourth-order valence-corrected chi connectivity index (χ4v) is 3.63. The van der Waals surface area contributed by atoms with E-state index in [0.29, 0.717) is 16.8 Å². The molecule has 166 valence electrons. The number of rotatable bonds is 5. The number of nitrogens with zero attached hydrogens (tertiary/aromatic N) is 3. The number of halogens is 2. The third-order valence-electron chi connectivity index (χ3n) is 5.22. The second kappa shape index (κ2) is 9.93. The van der Waals surface area contributed by atoms with Gasteiger partial charge in [0.1, 0.15) is 17.7 Å². The fraction of sp³-hybridized carbons (Fsp3) is 0.381. The van der Waals surface area contributed by atoms with Gasteiger partial charge in [-0.15, -0.1) is 12.4 Å². The number of hydrogen-bond acceptors (Lipinski definition) is 6. The molecule has 1 atom stereocenters. The van der Waals surface area contributed by atoms with Crippen LogP contribution >= 0.6 is 12.4 Å². The van der Waals surface area contributed by atoms with E-state index in [4.69, 9.17) is 4.74 Å². The highest BCUT2D eigenvalue weighted by Gasteiger charge is 2.32. The molecule has 2 aromatic rings. The molecule has 2 N–H and O–H groups in total. The maximum Gasteiger partial charge on any atom is 0.414 e. The van der Waals surface area contributed by atoms with Crippen LogP contribution in [0.15, 0.2) is 36.5 Å². The van der Waals surface area contributed by atoms with E-state index < -0.39 is 18.0 Å². The van der Waals surface area contributed by atoms with Crippen LogP contribution in [0.2, 0.25) is 0 Å². The van der Waals surface area contributed by atoms with Gasteiger partial charge < -0.3 is 20.3 Å². The minimum absolute atomic E-state index is 0. The maximum absolute atomic E-state index is 14.8. The van der Waals surface area contributed by atoms with Crippen molar-refractivity contribution < 1.29 is 18.7 Å². The number of piperazine rings is 1. The average molecular weight is 450 g/mol. The van der Waals surface area contributed by atoms with Crippen molar-refractivity contribution in [2.24, 2.45) is 0 Å². The summed E-state index contributed by atoms with van der Waals surface area (Å²) in [5.74, 6) is 0.237. The highest BCUT2D eigenvalue weighted by molar-refractivity contribution is 5.90. The Morgan fingerprint density at radius 3 is 2.71 bits per heavy atom. The summed E-state index contributed by atoms with van der Waals surface area (Å²) >= 11 is 0. The first-order chi connectivity index (χ1) is 14.5. The predicted octanol–water partition coefficient (Wildman–Crippen LogP) is 2.18. The van der Waals surface area contributed by atoms with Gasteiger partial charge in [-0.2, -0.15) is 0 Å². The lowest BCUT2D eigenvalue weighted by molar-refractivity contribution is -0.119. The highest BCUT2D eigenvalue weighted by Crippen LogP contribution is 2.29. The Balaban J connectivity index is 0.00000272. The van der Waals surface area contributed by atoms with Crippen LogP contribution in [-0.4, -0.2) is 62.4 Å². The summed E-state index contributed by atoms with van der Waals surface area (Å²) in [6.45, 7) is 5.50. The largest absolute Gasteiger partial charge is 0.442 e. The van der Waals surface area contributed by atoms with E-state index in [9.17, 15) is 14.0 Å². The molecule has 2 aliphatic heterocycles. The lowest BCUT2D eigenvalue weighted by Gasteiger charge is -2.28. The van der Waals surface area contributed by atoms with Crippen LogP contribution in [0, 0.1) is 5.82 Å². The molecule has 8 nitrogen and oxygen atoms in total. The summed E-state index contributed by atoms with van der Waals surface area (Å²) in [4.78, 5) is 31.2. The number of pyridine rings is 1. The van der Waals surface area contributed by atoms with E-state index in [1.54, 1.807) is 18.3 Å². The number of benzene rings is 1. The zero-order chi connectivity index (χ0) is 21.1. The first kappa shape index (κ1) is 22.8. The number of carbonyl (C=O) groups excluding carboxylic acids is 2. The standard InChI is InChI=1S/C21H24FN5O3.ClH/c1-14(28)24-12-17-13-27(21(29)30-17)16-3-4-18(19(22)10-16)15-2-5-20(25-11-15)26-8-6-23-7-9-26;/h2-5,10-11,17,23H,6-9,12-13H2,1H3,(H,24,28);1H/t17-;/m0./s1. The van der Waals surface area contributed by atoms with Crippen molar-refractivity contribution in [3.63, 3.8) is 0 Å². The smallest absolute Gasteiger partial charge is 0.414 e. The number of carbonyl (C=O) groups is 2. The van der Waals surface area contributed by atoms with Gasteiger partial charge in [0, 0.05) is 50.4 Å². The second-order valence-electron chi connectivity index (χ2n) is 7.36. The Labute approximate surface area is 186 Å². The normalized spacial score (nSPS) is 18.4. The van der Waals surface area contributed by atoms with E-state index in [2.05, 4.69) is 20.5 Å². The molecule has 0 saturated carbocycles. The molecule has 0 unspecified atom stereocenters. The summed E-state index contributed by atoms with van der Waals surface area (Å²) in [5, 5.41) is 5.92. The first-order valence-electron chi connectivity index (χ1n) is 9.95. The molecule has 1 aromatic heterocycles. The zero-order valence-electron chi connectivity index (χ0n) is 17.1. The number of hydrogen-bond donors (Lipinski definition) is 2. The number of ether oxygens (including phenoxy) is 1. The van der Waals surface area contributed by atoms with Crippen LogP contribution in [0.5, 0.6) is 0 Å². The molecule has 1 aromatic carbocycles. The SMILES string of the molecule is CC(=O)NC[C@H]1CN(c2ccc(-c3ccc(N4CCNCC4)nc3)c(F)c2)C(=O)O1.Cl. The van der Waals surface area contributed by atoms with Gasteiger partial charge in [-0.05, 0) is 30.3 Å². The van der Waals surface area contributed by atoms with Crippen LogP contribution in [0.4, 0.5) is 20.7 Å². The van der Waals surface area contributed by atoms with Gasteiger partial charge in [0.15, 0.2) is 0 Å². The molecular formula is C21H25ClFN5O3. The monoisotopic (exact) mass is 449 g/mol. The van der Waals surface area contributed by atoms with Crippen molar-refractivity contribution in [2.45, 2.75) is 13.0 Å². The summed E-state index contributed by atoms with van der Waals surface area (Å²) in [7, 11) is 0. The summed E-state index contributed by atoms with van der Waals surface area (Å²) in [5.41, 5.74) is 1.50. The molecule has 3 heterocycles. The van der Waals surface area contributed by atoms with E-state index in [1.807, 2.05) is 12.1 Å². The summed E-state index contributed by atoms with van der Waals surface area (Å²) in [6, 6.07) is 8.40. The third-order valence-corrected chi connectivity index (χ3v) is 5.22. The average Bonchev–Trinajstić information content (AvgIpc) is 3.13. The lowest BCUT2D eigenvalue weighted by atomic mass is 10.1. The molecule has 10 heteroatoms. The molecule has 0 radical (unpaired) electrons. The predicted molar refractivity (Wildman–Crippen MR) is 118 cm³/mol. The quantitative estimate of drug-likeness (QED) is 0.727. The number of aromatic nitrogens is 1. The summed E-state index contributed by atoms with van der Waals surface area (Å²) < 4.78 is 20.1. The molecule has 2 amide bonds. The van der Waals surface area contributed by atoms with Crippen molar-refractivity contribution in [1.29, 1.82) is 0 Å². The molecule has 2 saturated heterocycles. The minimum Gasteiger partial charge on any atom is -0.442 e. The molecule has 0 aliphatic carbocycles.